The predicted molar refractivity (Wildman–Crippen MR) is 178 cm³/mol. The Balaban J connectivity index is 1.43. The van der Waals surface area contributed by atoms with Crippen molar-refractivity contribution < 1.29 is 28.8 Å². The minimum atomic E-state index is -1.35. The van der Waals surface area contributed by atoms with Crippen LogP contribution < -0.4 is 25.1 Å². The summed E-state index contributed by atoms with van der Waals surface area (Å²) in [5, 5.41) is 9.05. The average molecular weight is 622 g/mol. The molecule has 9 heteroatoms. The predicted octanol–water partition coefficient (Wildman–Crippen LogP) is 5.79. The molecule has 0 spiro atoms. The van der Waals surface area contributed by atoms with Crippen molar-refractivity contribution in [1.29, 1.82) is 0 Å². The molecule has 9 nitrogen and oxygen atoms in total. The summed E-state index contributed by atoms with van der Waals surface area (Å²) in [4.78, 5) is 19.1. The Morgan fingerprint density at radius 1 is 0.913 bits per heavy atom. The molecule has 0 bridgehead atoms. The van der Waals surface area contributed by atoms with Crippen LogP contribution in [-0.2, 0) is 16.1 Å². The smallest absolute Gasteiger partial charge is 0.266 e. The van der Waals surface area contributed by atoms with Crippen molar-refractivity contribution in [3.05, 3.63) is 126 Å². The third-order valence-electron chi connectivity index (χ3n) is 7.71. The van der Waals surface area contributed by atoms with Gasteiger partial charge in [0.2, 0.25) is 5.90 Å². The molecule has 3 N–H and O–H groups in total. The molecule has 46 heavy (non-hydrogen) atoms. The van der Waals surface area contributed by atoms with E-state index in [4.69, 9.17) is 29.0 Å². The molecule has 0 radical (unpaired) electrons. The van der Waals surface area contributed by atoms with Gasteiger partial charge in [-0.3, -0.25) is 10.2 Å². The third-order valence-corrected chi connectivity index (χ3v) is 7.71. The number of benzene rings is 4. The van der Waals surface area contributed by atoms with Gasteiger partial charge >= 0.3 is 0 Å². The quantitative estimate of drug-likeness (QED) is 0.0876. The first-order valence-electron chi connectivity index (χ1n) is 15.1. The second kappa shape index (κ2) is 15.2. The molecule has 238 valence electrons. The fourth-order valence-electron chi connectivity index (χ4n) is 5.32. The van der Waals surface area contributed by atoms with Crippen LogP contribution in [0, 0.1) is 0 Å². The van der Waals surface area contributed by atoms with Gasteiger partial charge in [0.1, 0.15) is 17.2 Å². The van der Waals surface area contributed by atoms with Gasteiger partial charge in [0.25, 0.3) is 5.91 Å². The molecule has 1 aliphatic heterocycles. The molecular formula is C37H39N3O6. The number of carbonyl (C=O) groups is 1. The number of aliphatic hydroxyl groups is 1. The zero-order chi connectivity index (χ0) is 32.4. The van der Waals surface area contributed by atoms with Gasteiger partial charge in [0.15, 0.2) is 11.6 Å². The molecule has 0 aromatic heterocycles. The van der Waals surface area contributed by atoms with Crippen LogP contribution in [0.5, 0.6) is 17.2 Å². The standard InChI is InChI=1S/C37H39N3O6/c1-4-19-37(36(42)40-38-25-26-22-32(43-2)24-33(23-26)44-3)34(29-13-11-28(12-14-29)27-9-6-5-7-10-27)46-35(39-37)30-15-17-31(18-16-30)45-21-8-20-41/h4-7,9-18,22-24,34,38,41H,1,8,19-21,25H2,2-3H3,(H,40,42)/t34-,37-/m0/s1. The number of aliphatic imine (C=N–C) groups is 1. The Bertz CT molecular complexity index is 1620. The number of nitrogens with one attached hydrogen (secondary N) is 2. The fraction of sp³-hybridized carbons (Fsp3) is 0.243. The number of carbonyl (C=O) groups excluding carboxylic acids is 1. The van der Waals surface area contributed by atoms with E-state index >= 15 is 0 Å². The molecule has 0 saturated heterocycles. The van der Waals surface area contributed by atoms with Gasteiger partial charge in [-0.15, -0.1) is 6.58 Å². The lowest BCUT2D eigenvalue weighted by molar-refractivity contribution is -0.129. The number of hydrogen-bond donors (Lipinski definition) is 3. The number of rotatable bonds is 15. The van der Waals surface area contributed by atoms with E-state index < -0.39 is 11.6 Å². The van der Waals surface area contributed by atoms with E-state index in [-0.39, 0.29) is 18.9 Å². The lowest BCUT2D eigenvalue weighted by atomic mass is 9.84. The second-order valence-electron chi connectivity index (χ2n) is 10.8. The Kier molecular flexibility index (Phi) is 10.7. The maximum Gasteiger partial charge on any atom is 0.266 e. The van der Waals surface area contributed by atoms with E-state index in [9.17, 15) is 4.79 Å². The van der Waals surface area contributed by atoms with Gasteiger partial charge in [0, 0.05) is 37.6 Å². The molecule has 1 aliphatic rings. The number of hydrazine groups is 1. The topological polar surface area (TPSA) is 111 Å². The van der Waals surface area contributed by atoms with Crippen molar-refractivity contribution >= 4 is 11.8 Å². The van der Waals surface area contributed by atoms with Gasteiger partial charge in [-0.1, -0.05) is 60.7 Å². The highest BCUT2D eigenvalue weighted by molar-refractivity contribution is 6.01. The highest BCUT2D eigenvalue weighted by Gasteiger charge is 2.52. The molecular weight excluding hydrogens is 582 g/mol. The van der Waals surface area contributed by atoms with E-state index in [0.717, 1.165) is 22.3 Å². The van der Waals surface area contributed by atoms with Gasteiger partial charge in [-0.2, -0.15) is 0 Å². The van der Waals surface area contributed by atoms with Crippen LogP contribution in [0.25, 0.3) is 11.1 Å². The van der Waals surface area contributed by atoms with Crippen molar-refractivity contribution in [3.63, 3.8) is 0 Å². The normalized spacial score (nSPS) is 17.0. The molecule has 5 rings (SSSR count). The monoisotopic (exact) mass is 621 g/mol. The van der Waals surface area contributed by atoms with Crippen LogP contribution in [0.1, 0.15) is 35.6 Å². The van der Waals surface area contributed by atoms with Crippen LogP contribution in [-0.4, -0.2) is 49.9 Å². The molecule has 1 amide bonds. The SMILES string of the molecule is C=CC[C@]1(C(=O)NNCc2cc(OC)cc(OC)c2)N=C(c2ccc(OCCCO)cc2)O[C@H]1c1ccc(-c2ccccc2)cc1. The summed E-state index contributed by atoms with van der Waals surface area (Å²) in [7, 11) is 3.18. The molecule has 4 aromatic rings. The largest absolute Gasteiger partial charge is 0.497 e. The van der Waals surface area contributed by atoms with E-state index in [1.165, 1.54) is 0 Å². The Morgan fingerprint density at radius 2 is 1.57 bits per heavy atom. The third kappa shape index (κ3) is 7.39. The summed E-state index contributed by atoms with van der Waals surface area (Å²) in [6.07, 6.45) is 1.72. The maximum atomic E-state index is 14.1. The van der Waals surface area contributed by atoms with Gasteiger partial charge in [-0.25, -0.2) is 10.4 Å². The van der Waals surface area contributed by atoms with E-state index in [0.29, 0.717) is 48.3 Å². The average Bonchev–Trinajstić information content (AvgIpc) is 3.49. The number of ether oxygens (including phenoxy) is 4. The first-order chi connectivity index (χ1) is 22.5. The molecule has 0 unspecified atom stereocenters. The van der Waals surface area contributed by atoms with E-state index in [1.54, 1.807) is 26.4 Å². The van der Waals surface area contributed by atoms with Crippen molar-refractivity contribution in [3.8, 4) is 28.4 Å². The minimum absolute atomic E-state index is 0.0620. The van der Waals surface area contributed by atoms with Crippen LogP contribution >= 0.6 is 0 Å². The Labute approximate surface area is 269 Å². The first kappa shape index (κ1) is 32.3. The minimum Gasteiger partial charge on any atom is -0.497 e. The molecule has 0 fully saturated rings. The lowest BCUT2D eigenvalue weighted by Gasteiger charge is -2.30. The summed E-state index contributed by atoms with van der Waals surface area (Å²) in [5.41, 5.74) is 9.08. The lowest BCUT2D eigenvalue weighted by Crippen LogP contribution is -2.52. The second-order valence-corrected chi connectivity index (χ2v) is 10.8. The van der Waals surface area contributed by atoms with Crippen LogP contribution in [0.3, 0.4) is 0 Å². The summed E-state index contributed by atoms with van der Waals surface area (Å²) >= 11 is 0. The highest BCUT2D eigenvalue weighted by Crippen LogP contribution is 2.43. The summed E-state index contributed by atoms with van der Waals surface area (Å²) in [6.45, 7) is 4.74. The van der Waals surface area contributed by atoms with Crippen molar-refractivity contribution in [2.24, 2.45) is 4.99 Å². The fourth-order valence-corrected chi connectivity index (χ4v) is 5.32. The Hall–Kier alpha value is -5.12. The van der Waals surface area contributed by atoms with Gasteiger partial charge < -0.3 is 24.1 Å². The van der Waals surface area contributed by atoms with Gasteiger partial charge in [-0.05, 0) is 58.7 Å². The van der Waals surface area contributed by atoms with Crippen molar-refractivity contribution in [2.75, 3.05) is 27.4 Å². The number of nitrogens with zero attached hydrogens (tertiary/aromatic N) is 1. The molecule has 2 atom stereocenters. The number of methoxy groups -OCH3 is 2. The molecule has 4 aromatic carbocycles. The maximum absolute atomic E-state index is 14.1. The zero-order valence-corrected chi connectivity index (χ0v) is 26.1. The van der Waals surface area contributed by atoms with Crippen molar-refractivity contribution in [2.45, 2.75) is 31.0 Å². The van der Waals surface area contributed by atoms with E-state index in [2.05, 4.69) is 29.6 Å². The summed E-state index contributed by atoms with van der Waals surface area (Å²) in [6, 6.07) is 30.9. The molecule has 1 heterocycles. The molecule has 0 saturated carbocycles. The molecule has 0 aliphatic carbocycles. The summed E-state index contributed by atoms with van der Waals surface area (Å²) in [5.74, 6) is 1.94. The van der Waals surface area contributed by atoms with Crippen LogP contribution in [0.15, 0.2) is 115 Å². The Morgan fingerprint density at radius 3 is 2.20 bits per heavy atom. The number of hydrogen-bond acceptors (Lipinski definition) is 8. The number of amides is 1. The first-order valence-corrected chi connectivity index (χ1v) is 15.1. The van der Waals surface area contributed by atoms with Gasteiger partial charge in [0.05, 0.1) is 20.8 Å². The van der Waals surface area contributed by atoms with Crippen molar-refractivity contribution in [1.82, 2.24) is 10.9 Å². The van der Waals surface area contributed by atoms with Crippen LogP contribution in [0.4, 0.5) is 0 Å². The van der Waals surface area contributed by atoms with E-state index in [1.807, 2.05) is 78.9 Å². The zero-order valence-electron chi connectivity index (χ0n) is 26.1. The number of aliphatic hydroxyl groups excluding tert-OH is 1. The highest BCUT2D eigenvalue weighted by atomic mass is 16.5. The van der Waals surface area contributed by atoms with Crippen LogP contribution in [0.2, 0.25) is 0 Å². The summed E-state index contributed by atoms with van der Waals surface area (Å²) < 4.78 is 23.0.